The van der Waals surface area contributed by atoms with Gasteiger partial charge in [0.05, 0.1) is 6.42 Å². The summed E-state index contributed by atoms with van der Waals surface area (Å²) in [6.45, 7) is 6.32. The first-order valence-electron chi connectivity index (χ1n) is 7.47. The van der Waals surface area contributed by atoms with Gasteiger partial charge in [-0.05, 0) is 43.0 Å². The van der Waals surface area contributed by atoms with Crippen LogP contribution in [0.15, 0.2) is 24.3 Å². The van der Waals surface area contributed by atoms with Crippen molar-refractivity contribution in [2.45, 2.75) is 26.2 Å². The number of likely N-dealkylation sites (tertiary alicyclic amines) is 1. The molecule has 0 aliphatic carbocycles. The van der Waals surface area contributed by atoms with Crippen LogP contribution in [0.1, 0.15) is 25.3 Å². The minimum atomic E-state index is 0.0832. The molecule has 20 heavy (non-hydrogen) atoms. The van der Waals surface area contributed by atoms with Crippen LogP contribution >= 0.6 is 0 Å². The van der Waals surface area contributed by atoms with Crippen molar-refractivity contribution in [3.05, 3.63) is 29.8 Å². The summed E-state index contributed by atoms with van der Waals surface area (Å²) in [5, 5.41) is 3.00. The largest absolute Gasteiger partial charge is 0.399 e. The number of carbonyl (C=O) groups excluding carboxylic acids is 1. The third-order valence-corrected chi connectivity index (χ3v) is 3.84. The zero-order valence-corrected chi connectivity index (χ0v) is 12.3. The lowest BCUT2D eigenvalue weighted by molar-refractivity contribution is -0.120. The molecular formula is C16H25N3O. The Hall–Kier alpha value is -1.55. The summed E-state index contributed by atoms with van der Waals surface area (Å²) < 4.78 is 0. The van der Waals surface area contributed by atoms with Crippen molar-refractivity contribution in [3.63, 3.8) is 0 Å². The van der Waals surface area contributed by atoms with Gasteiger partial charge in [0.25, 0.3) is 0 Å². The summed E-state index contributed by atoms with van der Waals surface area (Å²) in [6, 6.07) is 7.47. The molecule has 1 fully saturated rings. The molecule has 1 heterocycles. The highest BCUT2D eigenvalue weighted by Crippen LogP contribution is 2.14. The van der Waals surface area contributed by atoms with E-state index in [0.717, 1.165) is 43.3 Å². The van der Waals surface area contributed by atoms with E-state index in [-0.39, 0.29) is 5.91 Å². The first-order valence-corrected chi connectivity index (χ1v) is 7.47. The summed E-state index contributed by atoms with van der Waals surface area (Å²) in [4.78, 5) is 14.3. The van der Waals surface area contributed by atoms with Gasteiger partial charge in [0, 0.05) is 25.3 Å². The minimum Gasteiger partial charge on any atom is -0.399 e. The molecule has 1 aliphatic rings. The lowest BCUT2D eigenvalue weighted by Gasteiger charge is -2.30. The minimum absolute atomic E-state index is 0.0832. The SMILES string of the molecule is CC1CCCN(CCNC(=O)Cc2ccc(N)cc2)C1. The van der Waals surface area contributed by atoms with Crippen LogP contribution in [0, 0.1) is 5.92 Å². The summed E-state index contributed by atoms with van der Waals surface area (Å²) >= 11 is 0. The van der Waals surface area contributed by atoms with E-state index in [1.54, 1.807) is 0 Å². The highest BCUT2D eigenvalue weighted by molar-refractivity contribution is 5.78. The maximum Gasteiger partial charge on any atom is 0.224 e. The number of benzene rings is 1. The molecule has 1 unspecified atom stereocenters. The number of nitrogen functional groups attached to an aromatic ring is 1. The monoisotopic (exact) mass is 275 g/mol. The van der Waals surface area contributed by atoms with Gasteiger partial charge in [0.2, 0.25) is 5.91 Å². The fourth-order valence-corrected chi connectivity index (χ4v) is 2.73. The normalized spacial score (nSPS) is 19.8. The molecule has 0 bridgehead atoms. The smallest absolute Gasteiger partial charge is 0.224 e. The Kier molecular flexibility index (Phi) is 5.41. The standard InChI is InChI=1S/C16H25N3O/c1-13-3-2-9-19(12-13)10-8-18-16(20)11-14-4-6-15(17)7-5-14/h4-7,13H,2-3,8-12,17H2,1H3,(H,18,20). The number of hydrogen-bond acceptors (Lipinski definition) is 3. The number of nitrogens with zero attached hydrogens (tertiary/aromatic N) is 1. The topological polar surface area (TPSA) is 58.4 Å². The Balaban J connectivity index is 1.66. The maximum atomic E-state index is 11.8. The number of piperidine rings is 1. The van der Waals surface area contributed by atoms with Gasteiger partial charge in [-0.2, -0.15) is 0 Å². The van der Waals surface area contributed by atoms with Gasteiger partial charge < -0.3 is 16.0 Å². The third kappa shape index (κ3) is 4.85. The second-order valence-corrected chi connectivity index (χ2v) is 5.82. The van der Waals surface area contributed by atoms with Gasteiger partial charge in [-0.1, -0.05) is 19.1 Å². The summed E-state index contributed by atoms with van der Waals surface area (Å²) in [5.74, 6) is 0.869. The number of anilines is 1. The average molecular weight is 275 g/mol. The number of hydrogen-bond donors (Lipinski definition) is 2. The molecule has 1 aromatic carbocycles. The van der Waals surface area contributed by atoms with E-state index in [1.165, 1.54) is 12.8 Å². The van der Waals surface area contributed by atoms with E-state index >= 15 is 0 Å². The molecule has 0 spiro atoms. The molecule has 1 saturated heterocycles. The zero-order valence-electron chi connectivity index (χ0n) is 12.3. The summed E-state index contributed by atoms with van der Waals surface area (Å²) in [5.41, 5.74) is 7.36. The number of nitrogens with two attached hydrogens (primary N) is 1. The van der Waals surface area contributed by atoms with E-state index in [4.69, 9.17) is 5.73 Å². The van der Waals surface area contributed by atoms with Gasteiger partial charge >= 0.3 is 0 Å². The van der Waals surface area contributed by atoms with Crippen LogP contribution in [0.5, 0.6) is 0 Å². The van der Waals surface area contributed by atoms with Crippen LogP contribution in [0.3, 0.4) is 0 Å². The molecule has 4 nitrogen and oxygen atoms in total. The van der Waals surface area contributed by atoms with Crippen LogP contribution in [0.25, 0.3) is 0 Å². The fraction of sp³-hybridized carbons (Fsp3) is 0.562. The molecular weight excluding hydrogens is 250 g/mol. The molecule has 0 aromatic heterocycles. The van der Waals surface area contributed by atoms with E-state index in [0.29, 0.717) is 6.42 Å². The van der Waals surface area contributed by atoms with E-state index in [2.05, 4.69) is 17.1 Å². The Morgan fingerprint density at radius 3 is 2.85 bits per heavy atom. The third-order valence-electron chi connectivity index (χ3n) is 3.84. The van der Waals surface area contributed by atoms with Gasteiger partial charge in [-0.3, -0.25) is 4.79 Å². The molecule has 1 aromatic rings. The Bertz CT molecular complexity index is 430. The summed E-state index contributed by atoms with van der Waals surface area (Å²) in [6.07, 6.45) is 3.04. The number of amides is 1. The quantitative estimate of drug-likeness (QED) is 0.804. The Labute approximate surface area is 121 Å². The lowest BCUT2D eigenvalue weighted by atomic mass is 10.0. The molecule has 0 radical (unpaired) electrons. The van der Waals surface area contributed by atoms with E-state index in [9.17, 15) is 4.79 Å². The van der Waals surface area contributed by atoms with Crippen LogP contribution < -0.4 is 11.1 Å². The van der Waals surface area contributed by atoms with Crippen molar-refractivity contribution in [3.8, 4) is 0 Å². The number of rotatable bonds is 5. The fourth-order valence-electron chi connectivity index (χ4n) is 2.73. The molecule has 2 rings (SSSR count). The Morgan fingerprint density at radius 2 is 2.15 bits per heavy atom. The van der Waals surface area contributed by atoms with Crippen LogP contribution in [-0.2, 0) is 11.2 Å². The van der Waals surface area contributed by atoms with Crippen LogP contribution in [-0.4, -0.2) is 37.0 Å². The number of carbonyl (C=O) groups is 1. The molecule has 0 saturated carbocycles. The van der Waals surface area contributed by atoms with Crippen LogP contribution in [0.2, 0.25) is 0 Å². The first-order chi connectivity index (χ1) is 9.63. The highest BCUT2D eigenvalue weighted by atomic mass is 16.1. The second kappa shape index (κ2) is 7.29. The van der Waals surface area contributed by atoms with Gasteiger partial charge in [-0.15, -0.1) is 0 Å². The van der Waals surface area contributed by atoms with E-state index < -0.39 is 0 Å². The highest BCUT2D eigenvalue weighted by Gasteiger charge is 2.15. The van der Waals surface area contributed by atoms with Gasteiger partial charge in [-0.25, -0.2) is 0 Å². The first kappa shape index (κ1) is 14.9. The predicted octanol–water partition coefficient (Wildman–Crippen LogP) is 1.66. The molecule has 1 aliphatic heterocycles. The van der Waals surface area contributed by atoms with Crippen molar-refractivity contribution >= 4 is 11.6 Å². The zero-order chi connectivity index (χ0) is 14.4. The van der Waals surface area contributed by atoms with Crippen molar-refractivity contribution in [2.75, 3.05) is 31.9 Å². The predicted molar refractivity (Wildman–Crippen MR) is 82.4 cm³/mol. The van der Waals surface area contributed by atoms with Crippen molar-refractivity contribution < 1.29 is 4.79 Å². The molecule has 3 N–H and O–H groups in total. The summed E-state index contributed by atoms with van der Waals surface area (Å²) in [7, 11) is 0. The molecule has 1 amide bonds. The molecule has 110 valence electrons. The second-order valence-electron chi connectivity index (χ2n) is 5.82. The van der Waals surface area contributed by atoms with Gasteiger partial charge in [0.1, 0.15) is 0 Å². The van der Waals surface area contributed by atoms with E-state index in [1.807, 2.05) is 24.3 Å². The van der Waals surface area contributed by atoms with Crippen LogP contribution in [0.4, 0.5) is 5.69 Å². The van der Waals surface area contributed by atoms with Crippen molar-refractivity contribution in [1.82, 2.24) is 10.2 Å². The number of nitrogens with one attached hydrogen (secondary N) is 1. The average Bonchev–Trinajstić information content (AvgIpc) is 2.41. The lowest BCUT2D eigenvalue weighted by Crippen LogP contribution is -2.40. The Morgan fingerprint density at radius 1 is 1.40 bits per heavy atom. The van der Waals surface area contributed by atoms with Crippen molar-refractivity contribution in [2.24, 2.45) is 5.92 Å². The van der Waals surface area contributed by atoms with Crippen molar-refractivity contribution in [1.29, 1.82) is 0 Å². The maximum absolute atomic E-state index is 11.8. The molecule has 1 atom stereocenters. The molecule has 4 heteroatoms. The van der Waals surface area contributed by atoms with Gasteiger partial charge in [0.15, 0.2) is 0 Å².